The van der Waals surface area contributed by atoms with Crippen LogP contribution in [0.25, 0.3) is 0 Å². The van der Waals surface area contributed by atoms with Crippen molar-refractivity contribution in [2.75, 3.05) is 85.8 Å². The van der Waals surface area contributed by atoms with Crippen molar-refractivity contribution in [3.8, 4) is 0 Å². The summed E-state index contributed by atoms with van der Waals surface area (Å²) in [7, 11) is 0. The van der Waals surface area contributed by atoms with Gasteiger partial charge in [0.1, 0.15) is 25.9 Å². The molecule has 0 saturated carbocycles. The van der Waals surface area contributed by atoms with E-state index in [1.165, 1.54) is 64.2 Å². The summed E-state index contributed by atoms with van der Waals surface area (Å²) in [6, 6.07) is -1.44. The molecule has 384 valence electrons. The molecule has 0 bridgehead atoms. The molecule has 0 aliphatic rings. The quantitative estimate of drug-likeness (QED) is 0.0495. The van der Waals surface area contributed by atoms with Gasteiger partial charge in [0, 0.05) is 51.4 Å². The molecule has 0 saturated heterocycles. The van der Waals surface area contributed by atoms with Gasteiger partial charge in [-0.25, -0.2) is 0 Å². The molecule has 4 N–H and O–H groups in total. The first-order chi connectivity index (χ1) is 31.8. The summed E-state index contributed by atoms with van der Waals surface area (Å²) in [5.74, 6) is -1.72. The first kappa shape index (κ1) is 62.6. The van der Waals surface area contributed by atoms with Gasteiger partial charge in [-0.2, -0.15) is 0 Å². The molecule has 0 aromatic heterocycles. The van der Waals surface area contributed by atoms with Gasteiger partial charge in [0.2, 0.25) is 17.7 Å². The highest BCUT2D eigenvalue weighted by Gasteiger charge is 2.20. The molecule has 17 heteroatoms. The Bertz CT molecular complexity index is 1280. The third-order valence-corrected chi connectivity index (χ3v) is 10.7. The van der Waals surface area contributed by atoms with Crippen molar-refractivity contribution in [2.24, 2.45) is 5.92 Å². The molecule has 0 fully saturated rings. The van der Waals surface area contributed by atoms with E-state index in [-0.39, 0.29) is 101 Å². The van der Waals surface area contributed by atoms with Gasteiger partial charge < -0.3 is 49.5 Å². The van der Waals surface area contributed by atoms with Gasteiger partial charge in [-0.15, -0.1) is 0 Å². The summed E-state index contributed by atoms with van der Waals surface area (Å²) in [6.07, 6.45) is 20.6. The molecule has 0 aromatic carbocycles. The van der Waals surface area contributed by atoms with Crippen molar-refractivity contribution >= 4 is 41.0 Å². The number of rotatable bonds is 50. The van der Waals surface area contributed by atoms with E-state index in [4.69, 9.17) is 33.5 Å². The van der Waals surface area contributed by atoms with E-state index in [0.717, 1.165) is 38.5 Å². The number of unbranched alkanes of at least 4 members (excludes halogenated alkanes) is 15. The summed E-state index contributed by atoms with van der Waals surface area (Å²) in [5, 5.41) is 16.8. The van der Waals surface area contributed by atoms with E-state index >= 15 is 0 Å². The molecule has 0 unspecified atom stereocenters. The normalized spacial score (nSPS) is 12.2. The fourth-order valence-electron chi connectivity index (χ4n) is 6.51. The lowest BCUT2D eigenvalue weighted by atomic mass is 10.0. The number of amides is 3. The Morgan fingerprint density at radius 2 is 0.833 bits per heavy atom. The molecular weight excluding hydrogens is 855 g/mol. The second kappa shape index (κ2) is 45.4. The highest BCUT2D eigenvalue weighted by Crippen LogP contribution is 2.14. The van der Waals surface area contributed by atoms with Gasteiger partial charge in [0.15, 0.2) is 17.3 Å². The Morgan fingerprint density at radius 1 is 0.394 bits per heavy atom. The van der Waals surface area contributed by atoms with Crippen molar-refractivity contribution in [2.45, 2.75) is 181 Å². The van der Waals surface area contributed by atoms with E-state index in [1.54, 1.807) is 13.8 Å². The van der Waals surface area contributed by atoms with Crippen LogP contribution >= 0.6 is 0 Å². The maximum atomic E-state index is 12.6. The van der Waals surface area contributed by atoms with E-state index in [0.29, 0.717) is 58.7 Å². The number of aliphatic carboxylic acids is 1. The molecule has 0 rings (SSSR count). The highest BCUT2D eigenvalue weighted by molar-refractivity contribution is 5.92. The predicted molar refractivity (Wildman–Crippen MR) is 252 cm³/mol. The van der Waals surface area contributed by atoms with Crippen molar-refractivity contribution in [1.82, 2.24) is 16.0 Å². The van der Waals surface area contributed by atoms with E-state index in [1.807, 2.05) is 13.8 Å². The smallest absolute Gasteiger partial charge is 0.303 e. The maximum absolute atomic E-state index is 12.6. The SMILES string of the molecule is CC(C)C(=O)COCCOCCCC(=O)COCCOCCNC(=O)COCCOCCCC(=O)[C@H](C)NC(=O)[C@H](C)NC(=O)CCCCCCCCCCCCCCCCCCC(=O)O. The molecule has 0 aromatic rings. The summed E-state index contributed by atoms with van der Waals surface area (Å²) in [6.45, 7) is 9.87. The molecule has 66 heavy (non-hydrogen) atoms. The number of ketones is 3. The van der Waals surface area contributed by atoms with Crippen LogP contribution < -0.4 is 16.0 Å². The first-order valence-corrected chi connectivity index (χ1v) is 24.9. The minimum absolute atomic E-state index is 0.00439. The number of hydrogen-bond donors (Lipinski definition) is 4. The van der Waals surface area contributed by atoms with Crippen LogP contribution in [0.5, 0.6) is 0 Å². The molecule has 0 aliphatic carbocycles. The van der Waals surface area contributed by atoms with Crippen LogP contribution in [-0.4, -0.2) is 144 Å². The Balaban J connectivity index is 3.62. The molecule has 0 heterocycles. The van der Waals surface area contributed by atoms with Crippen LogP contribution in [0, 0.1) is 5.92 Å². The zero-order chi connectivity index (χ0) is 48.9. The number of carboxylic acid groups (broad SMARTS) is 1. The minimum Gasteiger partial charge on any atom is -0.481 e. The molecule has 2 atom stereocenters. The number of Topliss-reactive ketones (excluding diaryl/α,β-unsaturated/α-hetero) is 3. The van der Waals surface area contributed by atoms with Gasteiger partial charge in [0.25, 0.3) is 0 Å². The largest absolute Gasteiger partial charge is 0.481 e. The molecule has 3 amide bonds. The molecule has 0 spiro atoms. The summed E-state index contributed by atoms with van der Waals surface area (Å²) in [4.78, 5) is 83.4. The average Bonchev–Trinajstić information content (AvgIpc) is 3.28. The second-order valence-electron chi connectivity index (χ2n) is 17.2. The van der Waals surface area contributed by atoms with Crippen LogP contribution in [0.4, 0.5) is 0 Å². The monoisotopic (exact) mass is 944 g/mol. The Labute approximate surface area is 396 Å². The number of carbonyl (C=O) groups is 7. The zero-order valence-electron chi connectivity index (χ0n) is 41.2. The van der Waals surface area contributed by atoms with Crippen molar-refractivity contribution in [3.63, 3.8) is 0 Å². The van der Waals surface area contributed by atoms with Gasteiger partial charge in [-0.3, -0.25) is 33.6 Å². The third kappa shape index (κ3) is 43.2. The lowest BCUT2D eigenvalue weighted by Gasteiger charge is -2.18. The standard InChI is InChI=1S/C49H89N3O14/c1-40(2)45(55)38-65-35-31-61-28-21-23-43(53)37-64-34-33-63-30-27-50-47(57)39-66-36-32-62-29-22-24-44(54)41(3)52-49(60)42(4)51-46(56)25-19-17-15-13-11-9-7-5-6-8-10-12-14-16-18-20-26-48(58)59/h40-42H,5-39H2,1-4H3,(H,50,57)(H,51,56)(H,52,60)(H,58,59)/t41-,42-/m0/s1. The van der Waals surface area contributed by atoms with Crippen molar-refractivity contribution in [1.29, 1.82) is 0 Å². The summed E-state index contributed by atoms with van der Waals surface area (Å²) < 4.78 is 32.2. The van der Waals surface area contributed by atoms with Gasteiger partial charge in [0.05, 0.1) is 52.3 Å². The molecule has 0 aliphatic heterocycles. The zero-order valence-corrected chi connectivity index (χ0v) is 41.2. The number of ether oxygens (including phenoxy) is 6. The lowest BCUT2D eigenvalue weighted by Crippen LogP contribution is -2.49. The van der Waals surface area contributed by atoms with Crippen LogP contribution in [0.1, 0.15) is 169 Å². The Kier molecular flexibility index (Phi) is 43.1. The number of carboxylic acids is 1. The topological polar surface area (TPSA) is 231 Å². The highest BCUT2D eigenvalue weighted by atomic mass is 16.5. The minimum atomic E-state index is -0.742. The average molecular weight is 944 g/mol. The van der Waals surface area contributed by atoms with Crippen molar-refractivity contribution in [3.05, 3.63) is 0 Å². The summed E-state index contributed by atoms with van der Waals surface area (Å²) in [5.41, 5.74) is 0. The number of carbonyl (C=O) groups excluding carboxylic acids is 6. The van der Waals surface area contributed by atoms with E-state index < -0.39 is 24.0 Å². The fraction of sp³-hybridized carbons (Fsp3) is 0.857. The summed E-state index contributed by atoms with van der Waals surface area (Å²) >= 11 is 0. The molecule has 17 nitrogen and oxygen atoms in total. The van der Waals surface area contributed by atoms with Gasteiger partial charge >= 0.3 is 5.97 Å². The third-order valence-electron chi connectivity index (χ3n) is 10.7. The van der Waals surface area contributed by atoms with E-state index in [9.17, 15) is 33.6 Å². The van der Waals surface area contributed by atoms with Crippen LogP contribution in [0.2, 0.25) is 0 Å². The number of hydrogen-bond acceptors (Lipinski definition) is 13. The van der Waals surface area contributed by atoms with E-state index in [2.05, 4.69) is 16.0 Å². The lowest BCUT2D eigenvalue weighted by molar-refractivity contribution is -0.137. The second-order valence-corrected chi connectivity index (χ2v) is 17.2. The fourth-order valence-corrected chi connectivity index (χ4v) is 6.51. The van der Waals surface area contributed by atoms with Gasteiger partial charge in [-0.1, -0.05) is 104 Å². The van der Waals surface area contributed by atoms with Crippen LogP contribution in [0.15, 0.2) is 0 Å². The van der Waals surface area contributed by atoms with Gasteiger partial charge in [-0.05, 0) is 39.5 Å². The number of nitrogens with one attached hydrogen (secondary N) is 3. The van der Waals surface area contributed by atoms with Crippen LogP contribution in [0.3, 0.4) is 0 Å². The predicted octanol–water partition coefficient (Wildman–Crippen LogP) is 6.24. The van der Waals surface area contributed by atoms with Crippen molar-refractivity contribution < 1.29 is 67.1 Å². The Hall–Kier alpha value is -3.35. The van der Waals surface area contributed by atoms with Crippen LogP contribution in [-0.2, 0) is 62.0 Å². The Morgan fingerprint density at radius 3 is 1.35 bits per heavy atom. The molecular formula is C49H89N3O14. The first-order valence-electron chi connectivity index (χ1n) is 24.9. The molecule has 0 radical (unpaired) electrons. The maximum Gasteiger partial charge on any atom is 0.303 e.